The summed E-state index contributed by atoms with van der Waals surface area (Å²) in [7, 11) is 1.54. The van der Waals surface area contributed by atoms with Gasteiger partial charge in [0.25, 0.3) is 0 Å². The van der Waals surface area contributed by atoms with E-state index in [2.05, 4.69) is 5.32 Å². The van der Waals surface area contributed by atoms with Crippen molar-refractivity contribution < 1.29 is 18.7 Å². The number of methoxy groups -OCH3 is 1. The van der Waals surface area contributed by atoms with E-state index in [-0.39, 0.29) is 24.3 Å². The van der Waals surface area contributed by atoms with E-state index >= 15 is 0 Å². The number of ether oxygens (including phenoxy) is 1. The molecule has 34 heavy (non-hydrogen) atoms. The Morgan fingerprint density at radius 1 is 1.03 bits per heavy atom. The minimum atomic E-state index is -0.367. The van der Waals surface area contributed by atoms with Gasteiger partial charge in [-0.05, 0) is 60.2 Å². The van der Waals surface area contributed by atoms with Crippen molar-refractivity contribution in [3.8, 4) is 5.75 Å². The molecule has 0 aliphatic heterocycles. The minimum absolute atomic E-state index is 0.0690. The third-order valence-electron chi connectivity index (χ3n) is 5.40. The molecule has 0 fully saturated rings. The van der Waals surface area contributed by atoms with Crippen LogP contribution in [0.3, 0.4) is 0 Å². The molecule has 3 amide bonds. The fraction of sp³-hybridized carbons (Fsp3) is 0.308. The predicted molar refractivity (Wildman–Crippen MR) is 134 cm³/mol. The highest BCUT2D eigenvalue weighted by molar-refractivity contribution is 7.10. The number of halogens is 1. The van der Waals surface area contributed by atoms with Crippen molar-refractivity contribution in [2.45, 2.75) is 33.4 Å². The summed E-state index contributed by atoms with van der Waals surface area (Å²) in [5, 5.41) is 4.85. The van der Waals surface area contributed by atoms with Gasteiger partial charge in [0.1, 0.15) is 18.1 Å². The Labute approximate surface area is 204 Å². The van der Waals surface area contributed by atoms with Crippen LogP contribution in [0, 0.1) is 12.7 Å². The molecule has 0 aliphatic rings. The van der Waals surface area contributed by atoms with Crippen LogP contribution in [0.15, 0.2) is 60.0 Å². The molecule has 2 aromatic carbocycles. The molecule has 0 radical (unpaired) electrons. The van der Waals surface area contributed by atoms with Crippen LogP contribution >= 0.6 is 11.3 Å². The summed E-state index contributed by atoms with van der Waals surface area (Å²) in [6.07, 6.45) is 0.703. The maximum absolute atomic E-state index is 13.4. The second kappa shape index (κ2) is 12.2. The van der Waals surface area contributed by atoms with Gasteiger partial charge < -0.3 is 19.9 Å². The number of para-hydroxylation sites is 2. The molecule has 3 rings (SSSR count). The molecule has 1 heterocycles. The quantitative estimate of drug-likeness (QED) is 0.404. The molecule has 0 aliphatic carbocycles. The number of aryl methyl sites for hydroxylation is 1. The molecule has 0 bridgehead atoms. The van der Waals surface area contributed by atoms with Gasteiger partial charge in [0.15, 0.2) is 0 Å². The van der Waals surface area contributed by atoms with E-state index < -0.39 is 0 Å². The number of nitrogens with one attached hydrogen (secondary N) is 1. The van der Waals surface area contributed by atoms with Crippen LogP contribution in [0.25, 0.3) is 0 Å². The molecule has 6 nitrogen and oxygen atoms in total. The standard InChI is InChI=1S/C26H30FN3O3S/c1-4-14-29(26(32)28-22-7-5-6-8-23(22)33-3)18-25(31)30(17-24-19(2)13-15-34-24)16-20-9-11-21(27)12-10-20/h5-13,15H,4,14,16-18H2,1-3H3,(H,28,32). The highest BCUT2D eigenvalue weighted by Crippen LogP contribution is 2.24. The fourth-order valence-corrected chi connectivity index (χ4v) is 4.43. The molecular weight excluding hydrogens is 453 g/mol. The molecule has 0 unspecified atom stereocenters. The topological polar surface area (TPSA) is 61.9 Å². The van der Waals surface area contributed by atoms with Gasteiger partial charge >= 0.3 is 6.03 Å². The van der Waals surface area contributed by atoms with E-state index in [1.165, 1.54) is 24.1 Å². The number of carbonyl (C=O) groups excluding carboxylic acids is 2. The minimum Gasteiger partial charge on any atom is -0.495 e. The summed E-state index contributed by atoms with van der Waals surface area (Å²) in [6, 6.07) is 14.9. The number of carbonyl (C=O) groups is 2. The SMILES string of the molecule is CCCN(CC(=O)N(Cc1ccc(F)cc1)Cc1sccc1C)C(=O)Nc1ccccc1OC. The van der Waals surface area contributed by atoms with Crippen molar-refractivity contribution in [3.63, 3.8) is 0 Å². The van der Waals surface area contributed by atoms with Crippen LogP contribution in [0.2, 0.25) is 0 Å². The van der Waals surface area contributed by atoms with E-state index in [4.69, 9.17) is 4.74 Å². The first kappa shape index (κ1) is 25.2. The van der Waals surface area contributed by atoms with Crippen LogP contribution in [-0.2, 0) is 17.9 Å². The number of hydrogen-bond acceptors (Lipinski definition) is 4. The first-order chi connectivity index (χ1) is 16.4. The number of rotatable bonds is 10. The van der Waals surface area contributed by atoms with Crippen molar-refractivity contribution in [2.24, 2.45) is 0 Å². The van der Waals surface area contributed by atoms with Gasteiger partial charge in [-0.3, -0.25) is 4.79 Å². The molecular formula is C26H30FN3O3S. The number of hydrogen-bond donors (Lipinski definition) is 1. The Balaban J connectivity index is 1.77. The second-order valence-corrected chi connectivity index (χ2v) is 8.96. The van der Waals surface area contributed by atoms with Crippen molar-refractivity contribution >= 4 is 29.0 Å². The molecule has 8 heteroatoms. The highest BCUT2D eigenvalue weighted by atomic mass is 32.1. The lowest BCUT2D eigenvalue weighted by Crippen LogP contribution is -2.44. The van der Waals surface area contributed by atoms with Crippen LogP contribution < -0.4 is 10.1 Å². The number of nitrogens with zero attached hydrogens (tertiary/aromatic N) is 2. The van der Waals surface area contributed by atoms with E-state index in [0.717, 1.165) is 16.0 Å². The lowest BCUT2D eigenvalue weighted by Gasteiger charge is -2.28. The maximum Gasteiger partial charge on any atom is 0.322 e. The first-order valence-electron chi connectivity index (χ1n) is 11.2. The van der Waals surface area contributed by atoms with Gasteiger partial charge in [-0.2, -0.15) is 0 Å². The average Bonchev–Trinajstić information content (AvgIpc) is 3.24. The van der Waals surface area contributed by atoms with Gasteiger partial charge in [0.05, 0.1) is 19.3 Å². The molecule has 1 aromatic heterocycles. The van der Waals surface area contributed by atoms with Gasteiger partial charge in [-0.1, -0.05) is 31.2 Å². The lowest BCUT2D eigenvalue weighted by atomic mass is 10.2. The van der Waals surface area contributed by atoms with E-state index in [9.17, 15) is 14.0 Å². The largest absolute Gasteiger partial charge is 0.495 e. The molecule has 0 atom stereocenters. The van der Waals surface area contributed by atoms with Crippen LogP contribution in [0.1, 0.15) is 29.3 Å². The Morgan fingerprint density at radius 3 is 2.41 bits per heavy atom. The summed E-state index contributed by atoms with van der Waals surface area (Å²) >= 11 is 1.59. The summed E-state index contributed by atoms with van der Waals surface area (Å²) in [5.74, 6) is 0.0448. The van der Waals surface area contributed by atoms with E-state index in [1.807, 2.05) is 31.4 Å². The van der Waals surface area contributed by atoms with Crippen molar-refractivity contribution in [2.75, 3.05) is 25.5 Å². The Hall–Kier alpha value is -3.39. The number of benzene rings is 2. The zero-order valence-corrected chi connectivity index (χ0v) is 20.5. The molecule has 180 valence electrons. The van der Waals surface area contributed by atoms with Gasteiger partial charge in [-0.25, -0.2) is 9.18 Å². The Kier molecular flexibility index (Phi) is 9.04. The van der Waals surface area contributed by atoms with Crippen LogP contribution in [0.5, 0.6) is 5.75 Å². The maximum atomic E-state index is 13.4. The number of anilines is 1. The number of urea groups is 1. The normalized spacial score (nSPS) is 10.6. The summed E-state index contributed by atoms with van der Waals surface area (Å²) < 4.78 is 18.7. The molecule has 0 spiro atoms. The molecule has 0 saturated carbocycles. The monoisotopic (exact) mass is 483 g/mol. The van der Waals surface area contributed by atoms with Crippen molar-refractivity contribution in [3.05, 3.63) is 81.8 Å². The average molecular weight is 484 g/mol. The predicted octanol–water partition coefficient (Wildman–Crippen LogP) is 5.68. The third-order valence-corrected chi connectivity index (χ3v) is 6.41. The van der Waals surface area contributed by atoms with Crippen LogP contribution in [0.4, 0.5) is 14.9 Å². The first-order valence-corrected chi connectivity index (χ1v) is 12.0. The number of thiophene rings is 1. The van der Waals surface area contributed by atoms with Crippen molar-refractivity contribution in [1.29, 1.82) is 0 Å². The highest BCUT2D eigenvalue weighted by Gasteiger charge is 2.23. The third kappa shape index (κ3) is 6.81. The molecule has 3 aromatic rings. The number of amides is 3. The van der Waals surface area contributed by atoms with E-state index in [1.54, 1.807) is 46.6 Å². The van der Waals surface area contributed by atoms with Gasteiger partial charge in [-0.15, -0.1) is 11.3 Å². The Bertz CT molecular complexity index is 1100. The fourth-order valence-electron chi connectivity index (χ4n) is 3.51. The molecule has 1 N–H and O–H groups in total. The summed E-state index contributed by atoms with van der Waals surface area (Å²) in [5.41, 5.74) is 2.48. The summed E-state index contributed by atoms with van der Waals surface area (Å²) in [6.45, 7) is 5.07. The zero-order valence-electron chi connectivity index (χ0n) is 19.7. The summed E-state index contributed by atoms with van der Waals surface area (Å²) in [4.78, 5) is 30.8. The molecule has 0 saturated heterocycles. The Morgan fingerprint density at radius 2 is 1.76 bits per heavy atom. The van der Waals surface area contributed by atoms with Crippen LogP contribution in [-0.4, -0.2) is 41.9 Å². The van der Waals surface area contributed by atoms with E-state index in [0.29, 0.717) is 37.5 Å². The van der Waals surface area contributed by atoms with Crippen molar-refractivity contribution in [1.82, 2.24) is 9.80 Å². The van der Waals surface area contributed by atoms with Gasteiger partial charge in [0.2, 0.25) is 5.91 Å². The zero-order chi connectivity index (χ0) is 24.5. The van der Waals surface area contributed by atoms with Gasteiger partial charge in [0, 0.05) is 18.0 Å². The smallest absolute Gasteiger partial charge is 0.322 e. The lowest BCUT2D eigenvalue weighted by molar-refractivity contribution is -0.133. The second-order valence-electron chi connectivity index (χ2n) is 7.96.